The molecule has 3 aromatic rings. The SMILES string of the molecule is O=C(/C=C/c1ccc(S(=O)(=O)NCc2ccco2)cc1)Nc1ccc(N2CCCCCC2)cc1. The van der Waals surface area contributed by atoms with Gasteiger partial charge < -0.3 is 14.6 Å². The highest BCUT2D eigenvalue weighted by molar-refractivity contribution is 7.89. The Kier molecular flexibility index (Phi) is 7.82. The van der Waals surface area contributed by atoms with Crippen LogP contribution in [0.4, 0.5) is 11.4 Å². The normalized spacial score (nSPS) is 14.8. The average Bonchev–Trinajstić information content (AvgIpc) is 3.23. The van der Waals surface area contributed by atoms with E-state index in [9.17, 15) is 13.2 Å². The summed E-state index contributed by atoms with van der Waals surface area (Å²) in [4.78, 5) is 14.9. The summed E-state index contributed by atoms with van der Waals surface area (Å²) in [5, 5.41) is 2.86. The first kappa shape index (κ1) is 23.8. The summed E-state index contributed by atoms with van der Waals surface area (Å²) in [6, 6.07) is 17.6. The first-order chi connectivity index (χ1) is 16.5. The summed E-state index contributed by atoms with van der Waals surface area (Å²) >= 11 is 0. The molecule has 1 fully saturated rings. The molecule has 0 saturated carbocycles. The topological polar surface area (TPSA) is 91.6 Å². The predicted octanol–water partition coefficient (Wildman–Crippen LogP) is 4.79. The van der Waals surface area contributed by atoms with E-state index in [2.05, 4.69) is 14.9 Å². The highest BCUT2D eigenvalue weighted by Gasteiger charge is 2.14. The molecule has 7 nitrogen and oxygen atoms in total. The number of amides is 1. The van der Waals surface area contributed by atoms with Crippen LogP contribution in [0, 0.1) is 0 Å². The molecule has 1 amide bonds. The molecule has 0 unspecified atom stereocenters. The molecule has 2 N–H and O–H groups in total. The largest absolute Gasteiger partial charge is 0.468 e. The third-order valence-electron chi connectivity index (χ3n) is 5.74. The van der Waals surface area contributed by atoms with Crippen molar-refractivity contribution in [2.45, 2.75) is 37.1 Å². The van der Waals surface area contributed by atoms with E-state index in [1.54, 1.807) is 30.3 Å². The smallest absolute Gasteiger partial charge is 0.248 e. The van der Waals surface area contributed by atoms with Crippen LogP contribution in [-0.4, -0.2) is 27.4 Å². The van der Waals surface area contributed by atoms with Gasteiger partial charge in [-0.05, 0) is 73.0 Å². The molecule has 1 aromatic heterocycles. The zero-order valence-corrected chi connectivity index (χ0v) is 19.8. The summed E-state index contributed by atoms with van der Waals surface area (Å²) < 4.78 is 32.5. The standard InChI is InChI=1S/C26H29N3O4S/c30-26(28-22-10-12-23(13-11-22)29-17-3-1-2-4-18-29)16-9-21-7-14-25(15-8-21)34(31,32)27-20-24-6-5-19-33-24/h5-16,19,27H,1-4,17-18,20H2,(H,28,30)/b16-9+. The van der Waals surface area contributed by atoms with Crippen LogP contribution in [-0.2, 0) is 21.4 Å². The van der Waals surface area contributed by atoms with Gasteiger partial charge in [0, 0.05) is 30.5 Å². The third-order valence-corrected chi connectivity index (χ3v) is 7.16. The number of furan rings is 1. The van der Waals surface area contributed by atoms with Crippen molar-refractivity contribution < 1.29 is 17.6 Å². The maximum absolute atomic E-state index is 12.4. The Bertz CT molecular complexity index is 1190. The van der Waals surface area contributed by atoms with Crippen LogP contribution < -0.4 is 14.9 Å². The van der Waals surface area contributed by atoms with Crippen molar-refractivity contribution in [1.82, 2.24) is 4.72 Å². The number of rotatable bonds is 8. The lowest BCUT2D eigenvalue weighted by molar-refractivity contribution is -0.111. The zero-order chi connectivity index (χ0) is 23.8. The Morgan fingerprint density at radius 1 is 0.941 bits per heavy atom. The van der Waals surface area contributed by atoms with Gasteiger partial charge in [-0.3, -0.25) is 4.79 Å². The van der Waals surface area contributed by atoms with Gasteiger partial charge in [0.15, 0.2) is 0 Å². The molecular weight excluding hydrogens is 450 g/mol. The van der Waals surface area contributed by atoms with Crippen molar-refractivity contribution in [3.63, 3.8) is 0 Å². The number of carbonyl (C=O) groups is 1. The third kappa shape index (κ3) is 6.59. The van der Waals surface area contributed by atoms with Crippen LogP contribution in [0.1, 0.15) is 37.0 Å². The lowest BCUT2D eigenvalue weighted by Gasteiger charge is -2.22. The van der Waals surface area contributed by atoms with E-state index in [4.69, 9.17) is 4.42 Å². The number of carbonyl (C=O) groups excluding carboxylic acids is 1. The van der Waals surface area contributed by atoms with Gasteiger partial charge in [-0.2, -0.15) is 0 Å². The fourth-order valence-electron chi connectivity index (χ4n) is 3.86. The fraction of sp³-hybridized carbons (Fsp3) is 0.269. The lowest BCUT2D eigenvalue weighted by atomic mass is 10.2. The summed E-state index contributed by atoms with van der Waals surface area (Å²) in [5.74, 6) is 0.282. The molecule has 34 heavy (non-hydrogen) atoms. The van der Waals surface area contributed by atoms with E-state index < -0.39 is 10.0 Å². The Labute approximate surface area is 200 Å². The minimum Gasteiger partial charge on any atom is -0.468 e. The molecule has 0 radical (unpaired) electrons. The van der Waals surface area contributed by atoms with Crippen LogP contribution in [0.25, 0.3) is 6.08 Å². The van der Waals surface area contributed by atoms with Crippen LogP contribution >= 0.6 is 0 Å². The highest BCUT2D eigenvalue weighted by Crippen LogP contribution is 2.21. The van der Waals surface area contributed by atoms with Crippen molar-refractivity contribution in [1.29, 1.82) is 0 Å². The molecular formula is C26H29N3O4S. The fourth-order valence-corrected chi connectivity index (χ4v) is 4.85. The number of nitrogens with one attached hydrogen (secondary N) is 2. The molecule has 0 aliphatic carbocycles. The van der Waals surface area contributed by atoms with Gasteiger partial charge in [-0.25, -0.2) is 13.1 Å². The van der Waals surface area contributed by atoms with E-state index in [-0.39, 0.29) is 17.3 Å². The summed E-state index contributed by atoms with van der Waals surface area (Å²) in [5.41, 5.74) is 2.64. The minimum atomic E-state index is -3.66. The Morgan fingerprint density at radius 2 is 1.65 bits per heavy atom. The van der Waals surface area contributed by atoms with E-state index in [0.29, 0.717) is 5.76 Å². The molecule has 2 aromatic carbocycles. The highest BCUT2D eigenvalue weighted by atomic mass is 32.2. The number of hydrogen-bond donors (Lipinski definition) is 2. The van der Waals surface area contributed by atoms with Crippen LogP contribution in [0.3, 0.4) is 0 Å². The monoisotopic (exact) mass is 479 g/mol. The second-order valence-corrected chi connectivity index (χ2v) is 10.0. The molecule has 1 aliphatic heterocycles. The molecule has 4 rings (SSSR count). The van der Waals surface area contributed by atoms with Gasteiger partial charge >= 0.3 is 0 Å². The van der Waals surface area contributed by atoms with Crippen LogP contribution in [0.2, 0.25) is 0 Å². The van der Waals surface area contributed by atoms with Crippen molar-refractivity contribution in [3.8, 4) is 0 Å². The van der Waals surface area contributed by atoms with Crippen molar-refractivity contribution in [3.05, 3.63) is 84.3 Å². The molecule has 0 bridgehead atoms. The summed E-state index contributed by atoms with van der Waals surface area (Å²) in [6.45, 7) is 2.24. The van der Waals surface area contributed by atoms with E-state index in [1.165, 1.54) is 55.8 Å². The molecule has 178 valence electrons. The van der Waals surface area contributed by atoms with Gasteiger partial charge in [0.1, 0.15) is 5.76 Å². The first-order valence-corrected chi connectivity index (χ1v) is 12.9. The second-order valence-electron chi connectivity index (χ2n) is 8.24. The molecule has 1 saturated heterocycles. The molecule has 1 aliphatic rings. The number of nitrogens with zero attached hydrogens (tertiary/aromatic N) is 1. The molecule has 0 atom stereocenters. The maximum Gasteiger partial charge on any atom is 0.248 e. The molecule has 8 heteroatoms. The predicted molar refractivity (Wildman–Crippen MR) is 134 cm³/mol. The van der Waals surface area contributed by atoms with Gasteiger partial charge in [0.25, 0.3) is 0 Å². The number of sulfonamides is 1. The van der Waals surface area contributed by atoms with Crippen LogP contribution in [0.5, 0.6) is 0 Å². The first-order valence-electron chi connectivity index (χ1n) is 11.5. The zero-order valence-electron chi connectivity index (χ0n) is 18.9. The van der Waals surface area contributed by atoms with Gasteiger partial charge in [0.05, 0.1) is 17.7 Å². The summed E-state index contributed by atoms with van der Waals surface area (Å²) in [6.07, 6.45) is 9.59. The van der Waals surface area contributed by atoms with Crippen molar-refractivity contribution in [2.75, 3.05) is 23.3 Å². The second kappa shape index (κ2) is 11.2. The maximum atomic E-state index is 12.4. The van der Waals surface area contributed by atoms with Crippen LogP contribution in [0.15, 0.2) is 82.3 Å². The molecule has 2 heterocycles. The quantitative estimate of drug-likeness (QED) is 0.453. The Hall–Kier alpha value is -3.36. The van der Waals surface area contributed by atoms with Gasteiger partial charge in [-0.15, -0.1) is 0 Å². The van der Waals surface area contributed by atoms with Gasteiger partial charge in [-0.1, -0.05) is 25.0 Å². The number of hydrogen-bond acceptors (Lipinski definition) is 5. The van der Waals surface area contributed by atoms with Gasteiger partial charge in [0.2, 0.25) is 15.9 Å². The van der Waals surface area contributed by atoms with Crippen molar-refractivity contribution in [2.24, 2.45) is 0 Å². The molecule has 0 spiro atoms. The van der Waals surface area contributed by atoms with E-state index >= 15 is 0 Å². The Balaban J connectivity index is 1.30. The number of benzene rings is 2. The lowest BCUT2D eigenvalue weighted by Crippen LogP contribution is -2.23. The number of anilines is 2. The van der Waals surface area contributed by atoms with E-state index in [1.807, 2.05) is 24.3 Å². The Morgan fingerprint density at radius 3 is 2.29 bits per heavy atom. The van der Waals surface area contributed by atoms with Crippen molar-refractivity contribution >= 4 is 33.4 Å². The summed E-state index contributed by atoms with van der Waals surface area (Å²) in [7, 11) is -3.66. The average molecular weight is 480 g/mol. The minimum absolute atomic E-state index is 0.0795. The van der Waals surface area contributed by atoms with E-state index in [0.717, 1.165) is 24.3 Å².